The van der Waals surface area contributed by atoms with E-state index < -0.39 is 0 Å². The van der Waals surface area contributed by atoms with Crippen LogP contribution in [0, 0.1) is 6.92 Å². The second-order valence-electron chi connectivity index (χ2n) is 6.04. The lowest BCUT2D eigenvalue weighted by atomic mass is 10.1. The Kier molecular flexibility index (Phi) is 6.08. The van der Waals surface area contributed by atoms with E-state index >= 15 is 0 Å². The Labute approximate surface area is 161 Å². The number of carbonyl (C=O) groups excluding carboxylic acids is 1. The summed E-state index contributed by atoms with van der Waals surface area (Å²) in [6, 6.07) is 16.8. The smallest absolute Gasteiger partial charge is 0.255 e. The number of nitrogens with zero attached hydrogens (tertiary/aromatic N) is 1. The first-order valence-electron chi connectivity index (χ1n) is 8.50. The summed E-state index contributed by atoms with van der Waals surface area (Å²) >= 11 is 1.23. The lowest BCUT2D eigenvalue weighted by molar-refractivity contribution is 0.102. The Balaban J connectivity index is 1.68. The van der Waals surface area contributed by atoms with Gasteiger partial charge in [-0.3, -0.25) is 9.59 Å². The van der Waals surface area contributed by atoms with Crippen LogP contribution in [0.4, 0.5) is 0 Å². The van der Waals surface area contributed by atoms with Crippen molar-refractivity contribution in [2.45, 2.75) is 18.5 Å². The number of thioether (sulfide) groups is 1. The van der Waals surface area contributed by atoms with Crippen molar-refractivity contribution in [3.05, 3.63) is 87.3 Å². The van der Waals surface area contributed by atoms with Crippen LogP contribution >= 0.6 is 11.8 Å². The number of aromatic amines is 1. The molecule has 0 amide bonds. The molecule has 0 aliphatic rings. The number of hydrogen-bond acceptors (Lipinski definition) is 5. The van der Waals surface area contributed by atoms with Crippen LogP contribution in [0.25, 0.3) is 0 Å². The molecule has 0 saturated carbocycles. The number of ketones is 1. The van der Waals surface area contributed by atoms with Crippen LogP contribution in [0.2, 0.25) is 0 Å². The van der Waals surface area contributed by atoms with E-state index in [1.54, 1.807) is 31.4 Å². The van der Waals surface area contributed by atoms with Gasteiger partial charge in [-0.25, -0.2) is 4.98 Å². The van der Waals surface area contributed by atoms with Gasteiger partial charge in [0.2, 0.25) is 0 Å². The zero-order valence-corrected chi connectivity index (χ0v) is 16.0. The lowest BCUT2D eigenvalue weighted by Gasteiger charge is -2.07. The van der Waals surface area contributed by atoms with Crippen LogP contribution in [-0.4, -0.2) is 28.6 Å². The summed E-state index contributed by atoms with van der Waals surface area (Å²) in [6.45, 7) is 1.82. The molecule has 1 aromatic heterocycles. The third kappa shape index (κ3) is 4.86. The van der Waals surface area contributed by atoms with Crippen LogP contribution in [0.3, 0.4) is 0 Å². The minimum absolute atomic E-state index is 0.0312. The molecule has 3 aromatic rings. The number of aromatic nitrogens is 2. The summed E-state index contributed by atoms with van der Waals surface area (Å²) in [4.78, 5) is 32.0. The minimum atomic E-state index is -0.161. The van der Waals surface area contributed by atoms with Crippen molar-refractivity contribution >= 4 is 17.5 Å². The van der Waals surface area contributed by atoms with Gasteiger partial charge in [0.05, 0.1) is 12.9 Å². The number of H-pyrrole nitrogens is 1. The van der Waals surface area contributed by atoms with Crippen LogP contribution in [0.15, 0.2) is 64.5 Å². The predicted octanol–water partition coefficient (Wildman–Crippen LogP) is 3.65. The third-order valence-electron chi connectivity index (χ3n) is 4.18. The molecule has 0 atom stereocenters. The van der Waals surface area contributed by atoms with Crippen LogP contribution in [-0.2, 0) is 6.42 Å². The highest BCUT2D eigenvalue weighted by Gasteiger charge is 2.12. The van der Waals surface area contributed by atoms with Gasteiger partial charge in [-0.15, -0.1) is 0 Å². The molecule has 0 unspecified atom stereocenters. The Bertz CT molecular complexity index is 983. The largest absolute Gasteiger partial charge is 0.497 e. The van der Waals surface area contributed by atoms with Crippen molar-refractivity contribution in [2.24, 2.45) is 0 Å². The Morgan fingerprint density at radius 1 is 1.11 bits per heavy atom. The Morgan fingerprint density at radius 3 is 2.44 bits per heavy atom. The van der Waals surface area contributed by atoms with Gasteiger partial charge in [-0.05, 0) is 36.8 Å². The van der Waals surface area contributed by atoms with Crippen molar-refractivity contribution < 1.29 is 9.53 Å². The monoisotopic (exact) mass is 380 g/mol. The fraction of sp³-hybridized carbons (Fsp3) is 0.190. The first kappa shape index (κ1) is 18.9. The van der Waals surface area contributed by atoms with Gasteiger partial charge >= 0.3 is 0 Å². The van der Waals surface area contributed by atoms with E-state index in [-0.39, 0.29) is 17.1 Å². The standard InChI is InChI=1S/C21H20N2O3S/c1-14-18(12-15-6-4-3-5-7-15)20(25)23-21(22-14)27-13-19(24)16-8-10-17(26-2)11-9-16/h3-11H,12-13H2,1-2H3,(H,22,23,25). The number of aryl methyl sites for hydroxylation is 1. The van der Waals surface area contributed by atoms with Crippen LogP contribution < -0.4 is 10.3 Å². The van der Waals surface area contributed by atoms with E-state index in [4.69, 9.17) is 4.74 Å². The van der Waals surface area contributed by atoms with E-state index in [0.29, 0.717) is 34.1 Å². The van der Waals surface area contributed by atoms with Gasteiger partial charge in [0.25, 0.3) is 5.56 Å². The maximum Gasteiger partial charge on any atom is 0.255 e. The number of hydrogen-bond donors (Lipinski definition) is 1. The normalized spacial score (nSPS) is 10.6. The maximum atomic E-state index is 12.4. The molecule has 0 aliphatic heterocycles. The molecule has 27 heavy (non-hydrogen) atoms. The molecular formula is C21H20N2O3S. The Hall–Kier alpha value is -2.86. The minimum Gasteiger partial charge on any atom is -0.497 e. The molecule has 1 N–H and O–H groups in total. The van der Waals surface area contributed by atoms with Crippen molar-refractivity contribution in [3.8, 4) is 5.75 Å². The van der Waals surface area contributed by atoms with Crippen molar-refractivity contribution in [1.82, 2.24) is 9.97 Å². The number of Topliss-reactive ketones (excluding diaryl/α,β-unsaturated/α-hetero) is 1. The summed E-state index contributed by atoms with van der Waals surface area (Å²) in [5.41, 5.74) is 2.82. The molecule has 0 saturated heterocycles. The van der Waals surface area contributed by atoms with Crippen molar-refractivity contribution in [1.29, 1.82) is 0 Å². The van der Waals surface area contributed by atoms with E-state index in [2.05, 4.69) is 9.97 Å². The van der Waals surface area contributed by atoms with Gasteiger partial charge in [0, 0.05) is 23.2 Å². The summed E-state index contributed by atoms with van der Waals surface area (Å²) in [5.74, 6) is 0.873. The molecular weight excluding hydrogens is 360 g/mol. The van der Waals surface area contributed by atoms with Crippen molar-refractivity contribution in [3.63, 3.8) is 0 Å². The molecule has 0 radical (unpaired) electrons. The molecule has 138 valence electrons. The molecule has 6 heteroatoms. The molecule has 2 aromatic carbocycles. The molecule has 3 rings (SSSR count). The van der Waals surface area contributed by atoms with E-state index in [9.17, 15) is 9.59 Å². The maximum absolute atomic E-state index is 12.4. The average Bonchev–Trinajstić information content (AvgIpc) is 2.70. The number of ether oxygens (including phenoxy) is 1. The van der Waals surface area contributed by atoms with Crippen LogP contribution in [0.1, 0.15) is 27.2 Å². The molecule has 0 aliphatic carbocycles. The second-order valence-corrected chi connectivity index (χ2v) is 7.00. The summed E-state index contributed by atoms with van der Waals surface area (Å²) in [6.07, 6.45) is 0.532. The molecule has 0 fully saturated rings. The topological polar surface area (TPSA) is 72.0 Å². The third-order valence-corrected chi connectivity index (χ3v) is 5.05. The average molecular weight is 380 g/mol. The SMILES string of the molecule is COc1ccc(C(=O)CSc2nc(C)c(Cc3ccccc3)c(=O)[nH]2)cc1. The fourth-order valence-corrected chi connectivity index (χ4v) is 3.46. The lowest BCUT2D eigenvalue weighted by Crippen LogP contribution is -2.18. The Morgan fingerprint density at radius 2 is 1.81 bits per heavy atom. The fourth-order valence-electron chi connectivity index (χ4n) is 2.66. The highest BCUT2D eigenvalue weighted by molar-refractivity contribution is 7.99. The van der Waals surface area contributed by atoms with Crippen LogP contribution in [0.5, 0.6) is 5.75 Å². The van der Waals surface area contributed by atoms with Gasteiger partial charge in [0.15, 0.2) is 10.9 Å². The first-order chi connectivity index (χ1) is 13.1. The van der Waals surface area contributed by atoms with Gasteiger partial charge in [-0.2, -0.15) is 0 Å². The van der Waals surface area contributed by atoms with Gasteiger partial charge < -0.3 is 9.72 Å². The van der Waals surface area contributed by atoms with Crippen molar-refractivity contribution in [2.75, 3.05) is 12.9 Å². The second kappa shape index (κ2) is 8.68. The molecule has 5 nitrogen and oxygen atoms in total. The zero-order chi connectivity index (χ0) is 19.2. The summed E-state index contributed by atoms with van der Waals surface area (Å²) < 4.78 is 5.09. The highest BCUT2D eigenvalue weighted by atomic mass is 32.2. The number of methoxy groups -OCH3 is 1. The van der Waals surface area contributed by atoms with E-state index in [1.807, 2.05) is 37.3 Å². The quantitative estimate of drug-likeness (QED) is 0.385. The number of benzene rings is 2. The van der Waals surface area contributed by atoms with E-state index in [1.165, 1.54) is 11.8 Å². The zero-order valence-electron chi connectivity index (χ0n) is 15.2. The van der Waals surface area contributed by atoms with Gasteiger partial charge in [-0.1, -0.05) is 42.1 Å². The molecule has 0 bridgehead atoms. The number of nitrogens with one attached hydrogen (secondary N) is 1. The van der Waals surface area contributed by atoms with Gasteiger partial charge in [0.1, 0.15) is 5.75 Å². The first-order valence-corrected chi connectivity index (χ1v) is 9.49. The number of carbonyl (C=O) groups is 1. The van der Waals surface area contributed by atoms with E-state index in [0.717, 1.165) is 5.56 Å². The number of rotatable bonds is 7. The highest BCUT2D eigenvalue weighted by Crippen LogP contribution is 2.18. The molecule has 1 heterocycles. The summed E-state index contributed by atoms with van der Waals surface area (Å²) in [7, 11) is 1.58. The predicted molar refractivity (Wildman–Crippen MR) is 107 cm³/mol. The summed E-state index contributed by atoms with van der Waals surface area (Å²) in [5, 5.41) is 0.455. The molecule has 0 spiro atoms.